The average Bonchev–Trinajstić information content (AvgIpc) is 3.13. The maximum absolute atomic E-state index is 14.0. The van der Waals surface area contributed by atoms with Gasteiger partial charge in [0.1, 0.15) is 0 Å². The summed E-state index contributed by atoms with van der Waals surface area (Å²) in [6.45, 7) is 1.62. The van der Waals surface area contributed by atoms with E-state index in [-0.39, 0.29) is 27.4 Å². The molecule has 0 saturated heterocycles. The number of benzene rings is 2. The van der Waals surface area contributed by atoms with Gasteiger partial charge in [0, 0.05) is 5.02 Å². The summed E-state index contributed by atoms with van der Waals surface area (Å²) in [4.78, 5) is 28.1. The van der Waals surface area contributed by atoms with Crippen molar-refractivity contribution >= 4 is 61.8 Å². The Bertz CT molecular complexity index is 1270. The molecule has 0 bridgehead atoms. The molecule has 0 aliphatic rings. The fraction of sp³-hybridized carbons (Fsp3) is 0.250. The van der Waals surface area contributed by atoms with E-state index in [9.17, 15) is 35.9 Å². The minimum absolute atomic E-state index is 0.0101. The Balaban J connectivity index is 2.05. The van der Waals surface area contributed by atoms with E-state index in [1.807, 2.05) is 0 Å². The van der Waals surface area contributed by atoms with Crippen LogP contribution in [0.3, 0.4) is 0 Å². The van der Waals surface area contributed by atoms with Gasteiger partial charge in [-0.15, -0.1) is 0 Å². The van der Waals surface area contributed by atoms with Gasteiger partial charge in [0.05, 0.1) is 33.0 Å². The van der Waals surface area contributed by atoms with Crippen molar-refractivity contribution < 1.29 is 40.7 Å². The van der Waals surface area contributed by atoms with Gasteiger partial charge in [-0.25, -0.2) is 9.78 Å². The summed E-state index contributed by atoms with van der Waals surface area (Å²) < 4.78 is 88.8. The molecule has 2 aromatic carbocycles. The molecular formula is C20H13Cl2F6N3O3S. The van der Waals surface area contributed by atoms with Gasteiger partial charge in [0.25, 0.3) is 5.91 Å². The van der Waals surface area contributed by atoms with Crippen molar-refractivity contribution in [3.63, 3.8) is 0 Å². The maximum atomic E-state index is 14.0. The number of ether oxygens (including phenoxy) is 1. The zero-order valence-corrected chi connectivity index (χ0v) is 19.6. The number of aromatic nitrogens is 1. The summed E-state index contributed by atoms with van der Waals surface area (Å²) in [5, 5.41) is 1.03. The lowest BCUT2D eigenvalue weighted by atomic mass is 10.1. The number of hydrogen-bond acceptors (Lipinski definition) is 6. The van der Waals surface area contributed by atoms with Gasteiger partial charge < -0.3 is 15.4 Å². The standard InChI is InChI=1S/C20H13Cl2F6N3O3S/c1-2-34-16(33)9-3-6-13-14(7-9)35-17(29-13)31-18(19(23,24)25,20(26,27)28)30-15(32)11-5-4-10(21)8-12(11)22/h3-8H,2H2,1H3,(H,29,31)(H,30,32). The molecule has 0 atom stereocenters. The Labute approximate surface area is 207 Å². The van der Waals surface area contributed by atoms with Gasteiger partial charge in [-0.3, -0.25) is 4.79 Å². The van der Waals surface area contributed by atoms with Crippen molar-refractivity contribution in [1.29, 1.82) is 0 Å². The molecule has 6 nitrogen and oxygen atoms in total. The molecule has 35 heavy (non-hydrogen) atoms. The van der Waals surface area contributed by atoms with Crippen LogP contribution < -0.4 is 10.6 Å². The first-order valence-corrected chi connectivity index (χ1v) is 11.0. The average molecular weight is 560 g/mol. The highest BCUT2D eigenvalue weighted by Gasteiger charge is 2.73. The number of fused-ring (bicyclic) bond motifs is 1. The first-order valence-electron chi connectivity index (χ1n) is 9.45. The Hall–Kier alpha value is -2.77. The van der Waals surface area contributed by atoms with Crippen LogP contribution in [0.2, 0.25) is 10.0 Å². The highest BCUT2D eigenvalue weighted by atomic mass is 35.5. The van der Waals surface area contributed by atoms with Gasteiger partial charge in [0.2, 0.25) is 0 Å². The number of esters is 1. The second kappa shape index (κ2) is 9.70. The summed E-state index contributed by atoms with van der Waals surface area (Å²) >= 11 is 11.9. The van der Waals surface area contributed by atoms with E-state index in [4.69, 9.17) is 27.9 Å². The lowest BCUT2D eigenvalue weighted by Crippen LogP contribution is -2.72. The van der Waals surface area contributed by atoms with E-state index >= 15 is 0 Å². The number of carbonyl (C=O) groups excluding carboxylic acids is 2. The summed E-state index contributed by atoms with van der Waals surface area (Å²) in [6, 6.07) is 6.65. The predicted octanol–water partition coefficient (Wildman–Crippen LogP) is 6.44. The van der Waals surface area contributed by atoms with Crippen molar-refractivity contribution in [2.75, 3.05) is 11.9 Å². The number of amides is 1. The van der Waals surface area contributed by atoms with E-state index in [1.54, 1.807) is 6.92 Å². The Morgan fingerprint density at radius 1 is 1.03 bits per heavy atom. The summed E-state index contributed by atoms with van der Waals surface area (Å²) in [5.74, 6) is -2.50. The molecule has 0 radical (unpaired) electrons. The molecule has 0 aliphatic carbocycles. The summed E-state index contributed by atoms with van der Waals surface area (Å²) in [7, 11) is 0. The number of thiazole rings is 1. The van der Waals surface area contributed by atoms with Crippen LogP contribution in [0.25, 0.3) is 10.2 Å². The minimum atomic E-state index is -6.08. The minimum Gasteiger partial charge on any atom is -0.462 e. The number of nitrogens with zero attached hydrogens (tertiary/aromatic N) is 1. The van der Waals surface area contributed by atoms with E-state index in [0.717, 1.165) is 23.5 Å². The molecule has 15 heteroatoms. The molecule has 3 rings (SSSR count). The number of nitrogens with one attached hydrogen (secondary N) is 2. The fourth-order valence-electron chi connectivity index (χ4n) is 2.87. The van der Waals surface area contributed by atoms with Gasteiger partial charge >= 0.3 is 24.0 Å². The van der Waals surface area contributed by atoms with Crippen molar-refractivity contribution in [1.82, 2.24) is 10.3 Å². The van der Waals surface area contributed by atoms with Gasteiger partial charge in [0.15, 0.2) is 5.13 Å². The molecule has 1 heterocycles. The zero-order chi connectivity index (χ0) is 26.2. The topological polar surface area (TPSA) is 80.3 Å². The van der Waals surface area contributed by atoms with E-state index < -0.39 is 45.6 Å². The van der Waals surface area contributed by atoms with E-state index in [0.29, 0.717) is 11.3 Å². The van der Waals surface area contributed by atoms with Crippen LogP contribution in [0.5, 0.6) is 0 Å². The molecule has 0 aliphatic heterocycles. The zero-order valence-electron chi connectivity index (χ0n) is 17.3. The highest BCUT2D eigenvalue weighted by molar-refractivity contribution is 7.22. The Morgan fingerprint density at radius 2 is 1.69 bits per heavy atom. The number of carbonyl (C=O) groups is 2. The number of anilines is 1. The SMILES string of the molecule is CCOC(=O)c1ccc2nc(NC(NC(=O)c3ccc(Cl)cc3Cl)(C(F)(F)F)C(F)(F)F)sc2c1. The third kappa shape index (κ3) is 5.41. The summed E-state index contributed by atoms with van der Waals surface area (Å²) in [6.07, 6.45) is -12.2. The summed E-state index contributed by atoms with van der Waals surface area (Å²) in [5.41, 5.74) is -5.56. The van der Waals surface area contributed by atoms with Gasteiger partial charge in [-0.1, -0.05) is 34.5 Å². The van der Waals surface area contributed by atoms with Crippen molar-refractivity contribution in [3.05, 3.63) is 57.6 Å². The predicted molar refractivity (Wildman–Crippen MR) is 118 cm³/mol. The molecule has 0 fully saturated rings. The lowest BCUT2D eigenvalue weighted by Gasteiger charge is -2.38. The van der Waals surface area contributed by atoms with Crippen LogP contribution in [0, 0.1) is 0 Å². The maximum Gasteiger partial charge on any atom is 0.439 e. The lowest BCUT2D eigenvalue weighted by molar-refractivity contribution is -0.294. The van der Waals surface area contributed by atoms with Gasteiger partial charge in [-0.2, -0.15) is 26.3 Å². The van der Waals surface area contributed by atoms with E-state index in [2.05, 4.69) is 4.98 Å². The van der Waals surface area contributed by atoms with Crippen LogP contribution in [-0.4, -0.2) is 41.5 Å². The van der Waals surface area contributed by atoms with Crippen molar-refractivity contribution in [3.8, 4) is 0 Å². The van der Waals surface area contributed by atoms with Crippen molar-refractivity contribution in [2.24, 2.45) is 0 Å². The quantitative estimate of drug-likeness (QED) is 0.206. The normalized spacial score (nSPS) is 12.5. The monoisotopic (exact) mass is 559 g/mol. The van der Waals surface area contributed by atoms with Crippen LogP contribution in [0.4, 0.5) is 31.5 Å². The van der Waals surface area contributed by atoms with Gasteiger partial charge in [-0.05, 0) is 43.3 Å². The first-order chi connectivity index (χ1) is 16.2. The largest absolute Gasteiger partial charge is 0.462 e. The molecule has 0 spiro atoms. The van der Waals surface area contributed by atoms with E-state index in [1.165, 1.54) is 23.5 Å². The second-order valence-corrected chi connectivity index (χ2v) is 8.75. The molecule has 3 aromatic rings. The number of halogens is 8. The highest BCUT2D eigenvalue weighted by Crippen LogP contribution is 2.45. The van der Waals surface area contributed by atoms with Crippen LogP contribution in [0.1, 0.15) is 27.6 Å². The third-order valence-corrected chi connectivity index (χ3v) is 6.00. The Morgan fingerprint density at radius 3 is 2.26 bits per heavy atom. The molecule has 1 aromatic heterocycles. The number of hydrogen-bond donors (Lipinski definition) is 2. The molecule has 2 N–H and O–H groups in total. The van der Waals surface area contributed by atoms with Crippen LogP contribution in [0.15, 0.2) is 36.4 Å². The van der Waals surface area contributed by atoms with Crippen molar-refractivity contribution in [2.45, 2.75) is 24.9 Å². The number of rotatable bonds is 6. The second-order valence-electron chi connectivity index (χ2n) is 6.87. The van der Waals surface area contributed by atoms with Crippen LogP contribution in [-0.2, 0) is 4.74 Å². The molecular weight excluding hydrogens is 547 g/mol. The molecule has 1 amide bonds. The first kappa shape index (κ1) is 26.8. The van der Waals surface area contributed by atoms with Crippen LogP contribution >= 0.6 is 34.5 Å². The smallest absolute Gasteiger partial charge is 0.439 e. The molecule has 0 saturated carbocycles. The molecule has 0 unspecified atom stereocenters. The third-order valence-electron chi connectivity index (χ3n) is 4.52. The fourth-order valence-corrected chi connectivity index (χ4v) is 4.32. The Kier molecular flexibility index (Phi) is 7.44. The molecule has 188 valence electrons. The number of alkyl halides is 6.